The topological polar surface area (TPSA) is 56.5 Å². The smallest absolute Gasteiger partial charge is 0.123 e. The maximum absolute atomic E-state index is 4.12. The summed E-state index contributed by atoms with van der Waals surface area (Å²) in [6, 6.07) is 3.81. The van der Waals surface area contributed by atoms with E-state index in [4.69, 9.17) is 0 Å². The molecule has 0 amide bonds. The average Bonchev–Trinajstić information content (AvgIpc) is 2.75. The molecule has 16 heavy (non-hydrogen) atoms. The summed E-state index contributed by atoms with van der Waals surface area (Å²) >= 11 is 0. The fourth-order valence-electron chi connectivity index (χ4n) is 1.67. The molecule has 0 unspecified atom stereocenters. The zero-order valence-corrected chi connectivity index (χ0v) is 8.62. The highest BCUT2D eigenvalue weighted by Crippen LogP contribution is 2.23. The predicted octanol–water partition coefficient (Wildman–Crippen LogP) is 1.23. The Morgan fingerprint density at radius 1 is 1.25 bits per heavy atom. The van der Waals surface area contributed by atoms with Crippen molar-refractivity contribution < 1.29 is 0 Å². The van der Waals surface area contributed by atoms with Gasteiger partial charge in [-0.05, 0) is 12.1 Å². The zero-order chi connectivity index (χ0) is 11.0. The van der Waals surface area contributed by atoms with Crippen molar-refractivity contribution in [2.45, 2.75) is 0 Å². The molecule has 0 spiro atoms. The lowest BCUT2D eigenvalue weighted by Crippen LogP contribution is -1.97. The SMILES string of the molecule is Cn1nccc1-c1nn[c]c2cnccc12. The van der Waals surface area contributed by atoms with E-state index in [-0.39, 0.29) is 0 Å². The van der Waals surface area contributed by atoms with Crippen molar-refractivity contribution in [1.82, 2.24) is 25.0 Å². The average molecular weight is 210 g/mol. The van der Waals surface area contributed by atoms with Crippen LogP contribution in [0.15, 0.2) is 30.7 Å². The molecule has 0 bridgehead atoms. The molecule has 0 aliphatic heterocycles. The van der Waals surface area contributed by atoms with E-state index in [1.165, 1.54) is 0 Å². The molecule has 0 aromatic carbocycles. The summed E-state index contributed by atoms with van der Waals surface area (Å²) in [4.78, 5) is 4.04. The second-order valence-corrected chi connectivity index (χ2v) is 3.42. The lowest BCUT2D eigenvalue weighted by molar-refractivity contribution is 0.772. The molecule has 3 aromatic rings. The molecule has 0 N–H and O–H groups in total. The number of aromatic nitrogens is 5. The van der Waals surface area contributed by atoms with Gasteiger partial charge in [0, 0.05) is 36.4 Å². The Kier molecular flexibility index (Phi) is 1.89. The summed E-state index contributed by atoms with van der Waals surface area (Å²) in [5, 5.41) is 13.9. The Labute approximate surface area is 91.8 Å². The second-order valence-electron chi connectivity index (χ2n) is 3.42. The van der Waals surface area contributed by atoms with E-state index in [1.54, 1.807) is 23.3 Å². The highest BCUT2D eigenvalue weighted by Gasteiger charge is 2.09. The molecule has 0 aliphatic carbocycles. The molecule has 3 rings (SSSR count). The van der Waals surface area contributed by atoms with Crippen LogP contribution in [0.4, 0.5) is 0 Å². The Morgan fingerprint density at radius 2 is 2.19 bits per heavy atom. The van der Waals surface area contributed by atoms with E-state index < -0.39 is 0 Å². The predicted molar refractivity (Wildman–Crippen MR) is 58.4 cm³/mol. The van der Waals surface area contributed by atoms with Crippen LogP contribution in [0.5, 0.6) is 0 Å². The molecule has 0 fully saturated rings. The third-order valence-electron chi connectivity index (χ3n) is 2.46. The largest absolute Gasteiger partial charge is 0.266 e. The van der Waals surface area contributed by atoms with Crippen LogP contribution in [-0.4, -0.2) is 25.0 Å². The minimum absolute atomic E-state index is 0.802. The summed E-state index contributed by atoms with van der Waals surface area (Å²) in [6.45, 7) is 0. The summed E-state index contributed by atoms with van der Waals surface area (Å²) in [6.07, 6.45) is 8.02. The van der Waals surface area contributed by atoms with E-state index in [1.807, 2.05) is 19.2 Å². The van der Waals surface area contributed by atoms with Crippen LogP contribution in [0.2, 0.25) is 0 Å². The zero-order valence-electron chi connectivity index (χ0n) is 8.62. The molecule has 0 saturated carbocycles. The van der Waals surface area contributed by atoms with Gasteiger partial charge >= 0.3 is 0 Å². The Bertz CT molecular complexity index is 638. The Morgan fingerprint density at radius 3 is 3.00 bits per heavy atom. The first-order valence-corrected chi connectivity index (χ1v) is 4.83. The number of hydrogen-bond donors (Lipinski definition) is 0. The van der Waals surface area contributed by atoms with Crippen molar-refractivity contribution in [3.05, 3.63) is 36.9 Å². The molecule has 5 heteroatoms. The highest BCUT2D eigenvalue weighted by atomic mass is 15.3. The maximum atomic E-state index is 4.12. The minimum Gasteiger partial charge on any atom is -0.266 e. The third-order valence-corrected chi connectivity index (χ3v) is 2.46. The van der Waals surface area contributed by atoms with Gasteiger partial charge in [0.1, 0.15) is 11.9 Å². The van der Waals surface area contributed by atoms with Crippen molar-refractivity contribution in [3.8, 4) is 11.4 Å². The van der Waals surface area contributed by atoms with E-state index in [0.717, 1.165) is 22.2 Å². The van der Waals surface area contributed by atoms with Gasteiger partial charge in [0.15, 0.2) is 0 Å². The molecule has 0 aliphatic rings. The lowest BCUT2D eigenvalue weighted by Gasteiger charge is -2.03. The summed E-state index contributed by atoms with van der Waals surface area (Å²) < 4.78 is 1.77. The number of pyridine rings is 1. The second kappa shape index (κ2) is 3.37. The lowest BCUT2D eigenvalue weighted by atomic mass is 10.1. The highest BCUT2D eigenvalue weighted by molar-refractivity contribution is 5.91. The summed E-state index contributed by atoms with van der Waals surface area (Å²) in [5.74, 6) is 0. The molecular weight excluding hydrogens is 202 g/mol. The van der Waals surface area contributed by atoms with Gasteiger partial charge in [0.2, 0.25) is 0 Å². The fourth-order valence-corrected chi connectivity index (χ4v) is 1.67. The van der Waals surface area contributed by atoms with Crippen LogP contribution in [0.25, 0.3) is 22.2 Å². The van der Waals surface area contributed by atoms with Crippen LogP contribution >= 0.6 is 0 Å². The Hall–Kier alpha value is -2.30. The molecule has 3 heterocycles. The molecule has 77 valence electrons. The summed E-state index contributed by atoms with van der Waals surface area (Å²) in [5.41, 5.74) is 1.73. The first-order valence-electron chi connectivity index (χ1n) is 4.83. The summed E-state index contributed by atoms with van der Waals surface area (Å²) in [7, 11) is 1.88. The monoisotopic (exact) mass is 210 g/mol. The van der Waals surface area contributed by atoms with Gasteiger partial charge in [-0.15, -0.1) is 10.2 Å². The van der Waals surface area contributed by atoms with E-state index >= 15 is 0 Å². The maximum Gasteiger partial charge on any atom is 0.123 e. The molecule has 3 aromatic heterocycles. The molecule has 1 radical (unpaired) electrons. The third kappa shape index (κ3) is 1.25. The van der Waals surface area contributed by atoms with Gasteiger partial charge in [-0.3, -0.25) is 9.67 Å². The van der Waals surface area contributed by atoms with Gasteiger partial charge in [-0.1, -0.05) is 0 Å². The fraction of sp³-hybridized carbons (Fsp3) is 0.0909. The Balaban J connectivity index is 2.36. The first-order chi connectivity index (χ1) is 7.86. The van der Waals surface area contributed by atoms with E-state index in [2.05, 4.69) is 26.5 Å². The molecule has 0 saturated heterocycles. The van der Waals surface area contributed by atoms with Crippen LogP contribution in [-0.2, 0) is 7.05 Å². The number of aryl methyl sites for hydroxylation is 1. The number of fused-ring (bicyclic) bond motifs is 1. The van der Waals surface area contributed by atoms with Gasteiger partial charge in [0.05, 0.1) is 5.69 Å². The van der Waals surface area contributed by atoms with Crippen molar-refractivity contribution in [2.75, 3.05) is 0 Å². The quantitative estimate of drug-likeness (QED) is 0.606. The number of hydrogen-bond acceptors (Lipinski definition) is 4. The van der Waals surface area contributed by atoms with Crippen LogP contribution in [0.1, 0.15) is 0 Å². The molecule has 0 atom stereocenters. The van der Waals surface area contributed by atoms with Crippen molar-refractivity contribution in [2.24, 2.45) is 7.05 Å². The van der Waals surface area contributed by atoms with Crippen LogP contribution < -0.4 is 0 Å². The van der Waals surface area contributed by atoms with Gasteiger partial charge in [-0.2, -0.15) is 5.10 Å². The van der Waals surface area contributed by atoms with Gasteiger partial charge in [-0.25, -0.2) is 0 Å². The van der Waals surface area contributed by atoms with Gasteiger partial charge < -0.3 is 0 Å². The van der Waals surface area contributed by atoms with Crippen molar-refractivity contribution in [1.29, 1.82) is 0 Å². The van der Waals surface area contributed by atoms with Crippen LogP contribution in [0.3, 0.4) is 0 Å². The minimum atomic E-state index is 0.802. The van der Waals surface area contributed by atoms with Crippen molar-refractivity contribution >= 4 is 10.8 Å². The van der Waals surface area contributed by atoms with Crippen LogP contribution in [0, 0.1) is 6.20 Å². The molecular formula is C11H8N5. The normalized spacial score (nSPS) is 10.8. The van der Waals surface area contributed by atoms with E-state index in [9.17, 15) is 0 Å². The standard InChI is InChI=1S/C11H8N5/c1-16-10(3-5-14-16)11-9-2-4-12-6-8(9)7-13-15-11/h2-6H,1H3. The number of rotatable bonds is 1. The van der Waals surface area contributed by atoms with Gasteiger partial charge in [0.25, 0.3) is 0 Å². The van der Waals surface area contributed by atoms with E-state index in [0.29, 0.717) is 0 Å². The number of nitrogens with zero attached hydrogens (tertiary/aromatic N) is 5. The molecule has 5 nitrogen and oxygen atoms in total. The van der Waals surface area contributed by atoms with Crippen molar-refractivity contribution in [3.63, 3.8) is 0 Å². The first kappa shape index (κ1) is 8.96.